The van der Waals surface area contributed by atoms with Crippen LogP contribution in [0.2, 0.25) is 0 Å². The van der Waals surface area contributed by atoms with E-state index in [-0.39, 0.29) is 5.97 Å². The molecule has 0 fully saturated rings. The van der Waals surface area contributed by atoms with Crippen molar-refractivity contribution in [2.75, 3.05) is 18.2 Å². The molecular formula is C14H18N6O2S. The predicted molar refractivity (Wildman–Crippen MR) is 86.1 cm³/mol. The van der Waals surface area contributed by atoms with Crippen molar-refractivity contribution >= 4 is 23.7 Å². The van der Waals surface area contributed by atoms with Gasteiger partial charge in [-0.05, 0) is 26.2 Å². The molecule has 3 heterocycles. The van der Waals surface area contributed by atoms with Crippen molar-refractivity contribution in [1.82, 2.24) is 24.5 Å². The van der Waals surface area contributed by atoms with Crippen LogP contribution in [-0.2, 0) is 16.6 Å². The molecule has 9 heteroatoms. The van der Waals surface area contributed by atoms with Gasteiger partial charge in [0.25, 0.3) is 0 Å². The third-order valence-corrected chi connectivity index (χ3v) is 4.19. The van der Waals surface area contributed by atoms with Gasteiger partial charge in [0, 0.05) is 18.9 Å². The molecule has 3 rings (SSSR count). The largest absolute Gasteiger partial charge is 0.463 e. The Morgan fingerprint density at radius 3 is 2.91 bits per heavy atom. The highest BCUT2D eigenvalue weighted by Gasteiger charge is 2.36. The molecule has 1 atom stereocenters. The predicted octanol–water partition coefficient (Wildman–Crippen LogP) is 1.59. The molecule has 1 aliphatic rings. The van der Waals surface area contributed by atoms with E-state index in [0.29, 0.717) is 29.0 Å². The van der Waals surface area contributed by atoms with Gasteiger partial charge in [-0.1, -0.05) is 11.8 Å². The van der Waals surface area contributed by atoms with Crippen LogP contribution in [0.3, 0.4) is 0 Å². The Balaban J connectivity index is 2.17. The van der Waals surface area contributed by atoms with Crippen molar-refractivity contribution in [3.63, 3.8) is 0 Å². The van der Waals surface area contributed by atoms with Crippen LogP contribution in [0.25, 0.3) is 0 Å². The summed E-state index contributed by atoms with van der Waals surface area (Å²) in [4.78, 5) is 16.9. The molecule has 0 saturated heterocycles. The Hall–Kier alpha value is -2.29. The van der Waals surface area contributed by atoms with Crippen molar-refractivity contribution in [2.24, 2.45) is 7.05 Å². The Morgan fingerprint density at radius 2 is 2.30 bits per heavy atom. The number of anilines is 1. The van der Waals surface area contributed by atoms with Gasteiger partial charge >= 0.3 is 5.97 Å². The molecule has 2 aromatic heterocycles. The van der Waals surface area contributed by atoms with Crippen molar-refractivity contribution < 1.29 is 9.53 Å². The van der Waals surface area contributed by atoms with E-state index in [4.69, 9.17) is 4.74 Å². The van der Waals surface area contributed by atoms with E-state index < -0.39 is 6.04 Å². The number of allylic oxidation sites excluding steroid dienone is 1. The molecule has 1 aliphatic heterocycles. The van der Waals surface area contributed by atoms with Gasteiger partial charge in [-0.15, -0.1) is 5.10 Å². The highest BCUT2D eigenvalue weighted by Crippen LogP contribution is 2.36. The Bertz CT molecular complexity index is 778. The van der Waals surface area contributed by atoms with E-state index in [1.807, 2.05) is 26.3 Å². The van der Waals surface area contributed by atoms with Crippen LogP contribution in [0.15, 0.2) is 28.7 Å². The first kappa shape index (κ1) is 15.6. The maximum absolute atomic E-state index is 12.5. The SMILES string of the molecule is CCOC(=O)C1=C(C)Nc2nc(SC)nn2[C@H]1c1ccnn1C. The van der Waals surface area contributed by atoms with Crippen LogP contribution < -0.4 is 5.32 Å². The van der Waals surface area contributed by atoms with Crippen LogP contribution in [0.4, 0.5) is 5.95 Å². The summed E-state index contributed by atoms with van der Waals surface area (Å²) in [7, 11) is 1.83. The summed E-state index contributed by atoms with van der Waals surface area (Å²) < 4.78 is 8.67. The number of thioether (sulfide) groups is 1. The smallest absolute Gasteiger partial charge is 0.338 e. The molecule has 0 radical (unpaired) electrons. The first-order valence-electron chi connectivity index (χ1n) is 7.20. The Labute approximate surface area is 137 Å². The summed E-state index contributed by atoms with van der Waals surface area (Å²) in [6.07, 6.45) is 3.61. The van der Waals surface area contributed by atoms with Gasteiger partial charge in [-0.2, -0.15) is 10.1 Å². The number of fused-ring (bicyclic) bond motifs is 1. The van der Waals surface area contributed by atoms with Crippen LogP contribution in [-0.4, -0.2) is 43.4 Å². The third-order valence-electron chi connectivity index (χ3n) is 3.65. The van der Waals surface area contributed by atoms with E-state index in [1.54, 1.807) is 22.5 Å². The quantitative estimate of drug-likeness (QED) is 0.671. The lowest BCUT2D eigenvalue weighted by Crippen LogP contribution is -2.30. The number of hydrogen-bond donors (Lipinski definition) is 1. The van der Waals surface area contributed by atoms with Crippen molar-refractivity contribution in [1.29, 1.82) is 0 Å². The van der Waals surface area contributed by atoms with Gasteiger partial charge < -0.3 is 10.1 Å². The number of ether oxygens (including phenoxy) is 1. The fraction of sp³-hybridized carbons (Fsp3) is 0.429. The molecule has 0 aromatic carbocycles. The second-order valence-electron chi connectivity index (χ2n) is 5.03. The highest BCUT2D eigenvalue weighted by molar-refractivity contribution is 7.98. The molecule has 2 aromatic rings. The van der Waals surface area contributed by atoms with Crippen molar-refractivity contribution in [3.05, 3.63) is 29.2 Å². The topological polar surface area (TPSA) is 86.9 Å². The van der Waals surface area contributed by atoms with Crippen LogP contribution >= 0.6 is 11.8 Å². The minimum absolute atomic E-state index is 0.313. The van der Waals surface area contributed by atoms with E-state index >= 15 is 0 Å². The summed E-state index contributed by atoms with van der Waals surface area (Å²) in [5.41, 5.74) is 2.07. The minimum atomic E-state index is -0.425. The summed E-state index contributed by atoms with van der Waals surface area (Å²) in [6, 6.07) is 1.44. The van der Waals surface area contributed by atoms with Crippen LogP contribution in [0.1, 0.15) is 25.6 Å². The molecule has 0 saturated carbocycles. The highest BCUT2D eigenvalue weighted by atomic mass is 32.2. The molecule has 0 amide bonds. The van der Waals surface area contributed by atoms with Gasteiger partial charge in [0.15, 0.2) is 0 Å². The van der Waals surface area contributed by atoms with E-state index in [1.165, 1.54) is 11.8 Å². The number of esters is 1. The molecule has 1 N–H and O–H groups in total. The number of rotatable bonds is 4. The van der Waals surface area contributed by atoms with E-state index in [2.05, 4.69) is 20.5 Å². The minimum Gasteiger partial charge on any atom is -0.463 e. The summed E-state index contributed by atoms with van der Waals surface area (Å²) >= 11 is 1.45. The zero-order chi connectivity index (χ0) is 16.6. The normalized spacial score (nSPS) is 17.0. The lowest BCUT2D eigenvalue weighted by atomic mass is 10.0. The van der Waals surface area contributed by atoms with Gasteiger partial charge in [0.1, 0.15) is 6.04 Å². The average Bonchev–Trinajstić information content (AvgIpc) is 3.11. The molecule has 0 aliphatic carbocycles. The Kier molecular flexibility index (Phi) is 4.12. The summed E-state index contributed by atoms with van der Waals surface area (Å²) in [5.74, 6) is 0.238. The van der Waals surface area contributed by atoms with Gasteiger partial charge in [-0.25, -0.2) is 9.48 Å². The van der Waals surface area contributed by atoms with Gasteiger partial charge in [-0.3, -0.25) is 4.68 Å². The number of nitrogens with zero attached hydrogens (tertiary/aromatic N) is 5. The lowest BCUT2D eigenvalue weighted by molar-refractivity contribution is -0.139. The fourth-order valence-electron chi connectivity index (χ4n) is 2.62. The van der Waals surface area contributed by atoms with E-state index in [0.717, 1.165) is 5.69 Å². The van der Waals surface area contributed by atoms with Crippen LogP contribution in [0, 0.1) is 0 Å². The molecule has 122 valence electrons. The van der Waals surface area contributed by atoms with E-state index in [9.17, 15) is 4.79 Å². The molecule has 8 nitrogen and oxygen atoms in total. The number of aryl methyl sites for hydroxylation is 1. The summed E-state index contributed by atoms with van der Waals surface area (Å²) in [6.45, 7) is 3.94. The number of hydrogen-bond acceptors (Lipinski definition) is 7. The van der Waals surface area contributed by atoms with Gasteiger partial charge in [0.2, 0.25) is 11.1 Å². The molecular weight excluding hydrogens is 316 g/mol. The van der Waals surface area contributed by atoms with Crippen LogP contribution in [0.5, 0.6) is 0 Å². The van der Waals surface area contributed by atoms with Crippen molar-refractivity contribution in [3.8, 4) is 0 Å². The van der Waals surface area contributed by atoms with Crippen molar-refractivity contribution in [2.45, 2.75) is 25.0 Å². The lowest BCUT2D eigenvalue weighted by Gasteiger charge is -2.27. The molecule has 0 unspecified atom stereocenters. The second kappa shape index (κ2) is 6.07. The number of carbonyl (C=O) groups is 1. The molecule has 0 bridgehead atoms. The maximum atomic E-state index is 12.5. The number of carbonyl (C=O) groups excluding carboxylic acids is 1. The zero-order valence-corrected chi connectivity index (χ0v) is 14.2. The molecule has 0 spiro atoms. The number of nitrogens with one attached hydrogen (secondary N) is 1. The average molecular weight is 334 g/mol. The molecule has 23 heavy (non-hydrogen) atoms. The standard InChI is InChI=1S/C14H18N6O2S/c1-5-22-12(21)10-8(2)16-13-17-14(23-4)18-20(13)11(10)9-6-7-15-19(9)3/h6-7,11H,5H2,1-4H3,(H,16,17,18)/t11-/m0/s1. The third kappa shape index (κ3) is 2.61. The monoisotopic (exact) mass is 334 g/mol. The Morgan fingerprint density at radius 1 is 1.52 bits per heavy atom. The first-order chi connectivity index (χ1) is 11.1. The van der Waals surface area contributed by atoms with Gasteiger partial charge in [0.05, 0.1) is 17.9 Å². The fourth-order valence-corrected chi connectivity index (χ4v) is 2.96. The maximum Gasteiger partial charge on any atom is 0.338 e. The summed E-state index contributed by atoms with van der Waals surface area (Å²) in [5, 5.41) is 12.5. The zero-order valence-electron chi connectivity index (χ0n) is 13.4. The number of aromatic nitrogens is 5. The first-order valence-corrected chi connectivity index (χ1v) is 8.42. The second-order valence-corrected chi connectivity index (χ2v) is 5.81.